The van der Waals surface area contributed by atoms with Crippen LogP contribution in [-0.2, 0) is 14.8 Å². The monoisotopic (exact) mass is 364 g/mol. The van der Waals surface area contributed by atoms with Crippen molar-refractivity contribution in [2.24, 2.45) is 0 Å². The van der Waals surface area contributed by atoms with E-state index >= 15 is 0 Å². The van der Waals surface area contributed by atoms with Gasteiger partial charge in [0, 0.05) is 20.0 Å². The lowest BCUT2D eigenvalue weighted by Gasteiger charge is -2.31. The Labute approximate surface area is 145 Å². The summed E-state index contributed by atoms with van der Waals surface area (Å²) in [6.45, 7) is 0.0200. The number of likely N-dealkylation sites (N-methyl/N-ethyl adjacent to an activating group) is 1. The summed E-state index contributed by atoms with van der Waals surface area (Å²) in [6.07, 6.45) is -0.589. The molecule has 2 aromatic rings. The Morgan fingerprint density at radius 3 is 2.56 bits per heavy atom. The molecule has 1 atom stereocenters. The number of benzene rings is 2. The highest BCUT2D eigenvalue weighted by atomic mass is 32.2. The average Bonchev–Trinajstić information content (AvgIpc) is 2.59. The second kappa shape index (κ2) is 6.81. The lowest BCUT2D eigenvalue weighted by Crippen LogP contribution is -2.45. The number of hydrogen-bond acceptors (Lipinski definition) is 4. The predicted molar refractivity (Wildman–Crippen MR) is 90.5 cm³/mol. The minimum absolute atomic E-state index is 0.0200. The molecule has 132 valence electrons. The maximum Gasteiger partial charge on any atom is 0.267 e. The molecular weight excluding hydrogens is 347 g/mol. The van der Waals surface area contributed by atoms with Gasteiger partial charge in [0.05, 0.1) is 10.6 Å². The Balaban J connectivity index is 1.64. The first-order valence-electron chi connectivity index (χ1n) is 7.67. The van der Waals surface area contributed by atoms with Gasteiger partial charge >= 0.3 is 0 Å². The van der Waals surface area contributed by atoms with E-state index in [0.29, 0.717) is 11.4 Å². The fourth-order valence-electron chi connectivity index (χ4n) is 2.58. The molecule has 2 aromatic carbocycles. The molecule has 1 heterocycles. The average molecular weight is 364 g/mol. The fourth-order valence-corrected chi connectivity index (χ4v) is 3.62. The summed E-state index contributed by atoms with van der Waals surface area (Å²) in [5.41, 5.74) is 0.677. The van der Waals surface area contributed by atoms with Crippen molar-refractivity contribution in [2.75, 3.05) is 18.5 Å². The van der Waals surface area contributed by atoms with Gasteiger partial charge in [-0.2, -0.15) is 0 Å². The normalized spacial score (nSPS) is 17.1. The van der Waals surface area contributed by atoms with Crippen LogP contribution in [0.2, 0.25) is 0 Å². The first-order chi connectivity index (χ1) is 11.9. The van der Waals surface area contributed by atoms with Crippen LogP contribution in [0.3, 0.4) is 0 Å². The van der Waals surface area contributed by atoms with Crippen molar-refractivity contribution in [3.63, 3.8) is 0 Å². The third kappa shape index (κ3) is 3.64. The summed E-state index contributed by atoms with van der Waals surface area (Å²) in [7, 11) is -2.11. The van der Waals surface area contributed by atoms with Gasteiger partial charge in [0.15, 0.2) is 6.10 Å². The zero-order valence-corrected chi connectivity index (χ0v) is 14.3. The highest BCUT2D eigenvalue weighted by Crippen LogP contribution is 2.33. The van der Waals surface area contributed by atoms with Gasteiger partial charge in [0.1, 0.15) is 11.6 Å². The third-order valence-corrected chi connectivity index (χ3v) is 5.40. The van der Waals surface area contributed by atoms with Gasteiger partial charge in [-0.15, -0.1) is 0 Å². The maximum absolute atomic E-state index is 12.9. The number of nitrogens with one attached hydrogen (secondary N) is 1. The Morgan fingerprint density at radius 1 is 1.16 bits per heavy atom. The molecule has 3 rings (SSSR count). The van der Waals surface area contributed by atoms with Crippen molar-refractivity contribution in [3.05, 3.63) is 54.3 Å². The van der Waals surface area contributed by atoms with Crippen LogP contribution in [0, 0.1) is 5.82 Å². The number of carbonyl (C=O) groups is 1. The molecule has 0 aromatic heterocycles. The molecule has 1 N–H and O–H groups in total. The van der Waals surface area contributed by atoms with Gasteiger partial charge in [-0.05, 0) is 36.4 Å². The van der Waals surface area contributed by atoms with Gasteiger partial charge in [-0.1, -0.05) is 12.1 Å². The van der Waals surface area contributed by atoms with Gasteiger partial charge in [0.25, 0.3) is 5.91 Å². The molecule has 8 heteroatoms. The van der Waals surface area contributed by atoms with Crippen LogP contribution < -0.4 is 14.4 Å². The smallest absolute Gasteiger partial charge is 0.267 e. The summed E-state index contributed by atoms with van der Waals surface area (Å²) in [5, 5.41) is 0. The molecule has 0 fully saturated rings. The number of para-hydroxylation sites is 2. The number of fused-ring (bicyclic) bond motifs is 1. The molecule has 0 aliphatic carbocycles. The van der Waals surface area contributed by atoms with Crippen LogP contribution in [0.1, 0.15) is 6.42 Å². The summed E-state index contributed by atoms with van der Waals surface area (Å²) in [4.78, 5) is 13.8. The van der Waals surface area contributed by atoms with Crippen LogP contribution in [-0.4, -0.2) is 34.0 Å². The number of carbonyl (C=O) groups excluding carboxylic acids is 1. The van der Waals surface area contributed by atoms with Crippen molar-refractivity contribution < 1.29 is 22.3 Å². The van der Waals surface area contributed by atoms with Crippen molar-refractivity contribution in [2.45, 2.75) is 17.4 Å². The number of amides is 1. The second-order valence-corrected chi connectivity index (χ2v) is 7.38. The Kier molecular flexibility index (Phi) is 4.73. The van der Waals surface area contributed by atoms with E-state index in [1.807, 2.05) is 6.07 Å². The van der Waals surface area contributed by atoms with E-state index in [2.05, 4.69) is 4.72 Å². The summed E-state index contributed by atoms with van der Waals surface area (Å²) in [5.74, 6) is -0.169. The van der Waals surface area contributed by atoms with Crippen molar-refractivity contribution >= 4 is 21.6 Å². The second-order valence-electron chi connectivity index (χ2n) is 5.61. The molecular formula is C17H17FN2O4S. The number of ether oxygens (including phenoxy) is 1. The number of sulfonamides is 1. The van der Waals surface area contributed by atoms with Gasteiger partial charge in [0.2, 0.25) is 10.0 Å². The van der Waals surface area contributed by atoms with Crippen molar-refractivity contribution in [1.29, 1.82) is 0 Å². The first kappa shape index (κ1) is 17.4. The Bertz CT molecular complexity index is 884. The zero-order valence-electron chi connectivity index (χ0n) is 13.5. The molecule has 1 aliphatic rings. The van der Waals surface area contributed by atoms with Crippen LogP contribution >= 0.6 is 0 Å². The van der Waals surface area contributed by atoms with E-state index in [0.717, 1.165) is 12.1 Å². The molecule has 0 spiro atoms. The molecule has 1 amide bonds. The number of rotatable bonds is 5. The van der Waals surface area contributed by atoms with E-state index in [1.54, 1.807) is 25.2 Å². The van der Waals surface area contributed by atoms with E-state index in [4.69, 9.17) is 4.74 Å². The topological polar surface area (TPSA) is 75.7 Å². The first-order valence-corrected chi connectivity index (χ1v) is 9.15. The van der Waals surface area contributed by atoms with Gasteiger partial charge < -0.3 is 9.64 Å². The quantitative estimate of drug-likeness (QED) is 0.880. The van der Waals surface area contributed by atoms with Gasteiger partial charge in [-0.25, -0.2) is 17.5 Å². The molecule has 0 radical (unpaired) electrons. The lowest BCUT2D eigenvalue weighted by atomic mass is 10.1. The summed E-state index contributed by atoms with van der Waals surface area (Å²) >= 11 is 0. The number of halogens is 1. The number of nitrogens with zero attached hydrogens (tertiary/aromatic N) is 1. The summed E-state index contributed by atoms with van der Waals surface area (Å²) in [6, 6.07) is 11.7. The molecule has 6 nitrogen and oxygen atoms in total. The minimum atomic E-state index is -3.77. The Hall–Kier alpha value is -2.45. The van der Waals surface area contributed by atoms with E-state index in [9.17, 15) is 17.6 Å². The fraction of sp³-hybridized carbons (Fsp3) is 0.235. The maximum atomic E-state index is 12.9. The molecule has 1 aliphatic heterocycles. The van der Waals surface area contributed by atoms with Crippen LogP contribution in [0.5, 0.6) is 5.75 Å². The largest absolute Gasteiger partial charge is 0.478 e. The molecule has 25 heavy (non-hydrogen) atoms. The Morgan fingerprint density at radius 2 is 1.84 bits per heavy atom. The molecule has 0 saturated carbocycles. The van der Waals surface area contributed by atoms with Crippen LogP contribution in [0.4, 0.5) is 10.1 Å². The van der Waals surface area contributed by atoms with E-state index in [1.165, 1.54) is 17.0 Å². The summed E-state index contributed by atoms with van der Waals surface area (Å²) < 4.78 is 45.3. The molecule has 0 bridgehead atoms. The van der Waals surface area contributed by atoms with Crippen LogP contribution in [0.15, 0.2) is 53.4 Å². The van der Waals surface area contributed by atoms with Gasteiger partial charge in [-0.3, -0.25) is 4.79 Å². The van der Waals surface area contributed by atoms with E-state index in [-0.39, 0.29) is 23.8 Å². The highest BCUT2D eigenvalue weighted by Gasteiger charge is 2.31. The van der Waals surface area contributed by atoms with Crippen LogP contribution in [0.25, 0.3) is 0 Å². The standard InChI is InChI=1S/C17H17FN2O4S/c1-20-14-4-2-3-5-15(14)24-16(17(20)21)10-11-19-25(22,23)13-8-6-12(18)7-9-13/h2-9,16,19H,10-11H2,1H3. The SMILES string of the molecule is CN1C(=O)C(CCNS(=O)(=O)c2ccc(F)cc2)Oc2ccccc21. The van der Waals surface area contributed by atoms with E-state index < -0.39 is 21.9 Å². The molecule has 1 unspecified atom stereocenters. The third-order valence-electron chi connectivity index (χ3n) is 3.92. The minimum Gasteiger partial charge on any atom is -0.478 e. The predicted octanol–water partition coefficient (Wildman–Crippen LogP) is 1.92. The molecule has 0 saturated heterocycles. The number of hydrogen-bond donors (Lipinski definition) is 1. The highest BCUT2D eigenvalue weighted by molar-refractivity contribution is 7.89. The van der Waals surface area contributed by atoms with Crippen molar-refractivity contribution in [3.8, 4) is 5.75 Å². The number of anilines is 1. The zero-order chi connectivity index (χ0) is 18.0. The lowest BCUT2D eigenvalue weighted by molar-refractivity contribution is -0.126. The van der Waals surface area contributed by atoms with Crippen molar-refractivity contribution in [1.82, 2.24) is 4.72 Å².